The summed E-state index contributed by atoms with van der Waals surface area (Å²) in [4.78, 5) is 0. The van der Waals surface area contributed by atoms with Crippen molar-refractivity contribution in [1.82, 2.24) is 0 Å². The number of hydrogen-bond donors (Lipinski definition) is 1. The smallest absolute Gasteiger partial charge is 0.282 e. The van der Waals surface area contributed by atoms with Crippen LogP contribution in [0.25, 0.3) is 0 Å². The molecule has 1 radical (unpaired) electrons. The fraction of sp³-hybridized carbons (Fsp3) is 0.133. The molecule has 0 amide bonds. The van der Waals surface area contributed by atoms with Gasteiger partial charge in [0, 0.05) is 18.8 Å². The Bertz CT molecular complexity index is 389. The molecule has 0 aromatic heterocycles. The van der Waals surface area contributed by atoms with Gasteiger partial charge < -0.3 is 9.97 Å². The Kier molecular flexibility index (Phi) is 5.34. The van der Waals surface area contributed by atoms with E-state index in [1.807, 2.05) is 36.4 Å². The Morgan fingerprint density at radius 3 is 2.33 bits per heavy atom. The standard InChI is InChI=1S/C15H17BNO/c1-3-7-14(8-4-1)13-16-18-12-11-17-15-9-5-2-6-10-15/h1-10,13,16-17H,11-12H2. The van der Waals surface area contributed by atoms with Crippen molar-refractivity contribution in [2.24, 2.45) is 0 Å². The van der Waals surface area contributed by atoms with Crippen LogP contribution in [0.2, 0.25) is 0 Å². The second-order valence-electron chi connectivity index (χ2n) is 3.98. The summed E-state index contributed by atoms with van der Waals surface area (Å²) in [6, 6.07) is 20.4. The minimum Gasteiger partial charge on any atom is -0.437 e. The molecule has 0 aliphatic rings. The van der Waals surface area contributed by atoms with E-state index < -0.39 is 0 Å². The lowest BCUT2D eigenvalue weighted by molar-refractivity contribution is 0.356. The second-order valence-corrected chi connectivity index (χ2v) is 3.98. The highest BCUT2D eigenvalue weighted by Gasteiger charge is 1.95. The van der Waals surface area contributed by atoms with Gasteiger partial charge in [-0.05, 0) is 24.0 Å². The average molecular weight is 238 g/mol. The van der Waals surface area contributed by atoms with Crippen LogP contribution < -0.4 is 5.32 Å². The highest BCUT2D eigenvalue weighted by Crippen LogP contribution is 2.04. The van der Waals surface area contributed by atoms with Crippen LogP contribution in [0, 0.1) is 6.32 Å². The van der Waals surface area contributed by atoms with E-state index in [1.54, 1.807) is 0 Å². The number of benzene rings is 2. The molecule has 0 bridgehead atoms. The van der Waals surface area contributed by atoms with E-state index in [4.69, 9.17) is 4.65 Å². The first kappa shape index (κ1) is 12.7. The van der Waals surface area contributed by atoms with Crippen molar-refractivity contribution < 1.29 is 4.65 Å². The van der Waals surface area contributed by atoms with Crippen LogP contribution in [0.1, 0.15) is 5.56 Å². The molecule has 0 aliphatic carbocycles. The highest BCUT2D eigenvalue weighted by molar-refractivity contribution is 6.33. The molecule has 18 heavy (non-hydrogen) atoms. The van der Waals surface area contributed by atoms with Crippen LogP contribution in [-0.4, -0.2) is 20.6 Å². The summed E-state index contributed by atoms with van der Waals surface area (Å²) in [5, 5.41) is 3.30. The van der Waals surface area contributed by atoms with Crippen molar-refractivity contribution in [3.63, 3.8) is 0 Å². The molecule has 0 fully saturated rings. The van der Waals surface area contributed by atoms with Crippen LogP contribution in [0.4, 0.5) is 5.69 Å². The van der Waals surface area contributed by atoms with Crippen molar-refractivity contribution in [3.8, 4) is 0 Å². The monoisotopic (exact) mass is 238 g/mol. The van der Waals surface area contributed by atoms with Crippen molar-refractivity contribution >= 4 is 13.2 Å². The molecule has 2 nitrogen and oxygen atoms in total. The first-order valence-electron chi connectivity index (χ1n) is 6.20. The maximum Gasteiger partial charge on any atom is 0.282 e. The molecule has 2 aromatic rings. The van der Waals surface area contributed by atoms with E-state index in [-0.39, 0.29) is 0 Å². The van der Waals surface area contributed by atoms with Gasteiger partial charge in [0.2, 0.25) is 0 Å². The third-order valence-electron chi connectivity index (χ3n) is 2.59. The van der Waals surface area contributed by atoms with E-state index in [0.717, 1.165) is 12.2 Å². The SMILES string of the molecule is B([CH]c1ccccc1)OCCNc1ccccc1. The Morgan fingerprint density at radius 1 is 0.944 bits per heavy atom. The maximum absolute atomic E-state index is 5.54. The Labute approximate surface area is 109 Å². The Hall–Kier alpha value is -1.74. The summed E-state index contributed by atoms with van der Waals surface area (Å²) in [7, 11) is 0.653. The lowest BCUT2D eigenvalue weighted by atomic mass is 9.89. The molecule has 0 saturated heterocycles. The molecular formula is C15H17BNO. The van der Waals surface area contributed by atoms with Gasteiger partial charge in [-0.25, -0.2) is 0 Å². The average Bonchev–Trinajstić information content (AvgIpc) is 2.45. The fourth-order valence-corrected chi connectivity index (χ4v) is 1.65. The predicted octanol–water partition coefficient (Wildman–Crippen LogP) is 2.68. The summed E-state index contributed by atoms with van der Waals surface area (Å²) >= 11 is 0. The van der Waals surface area contributed by atoms with Gasteiger partial charge in [-0.3, -0.25) is 0 Å². The molecule has 0 spiro atoms. The van der Waals surface area contributed by atoms with Crippen LogP contribution in [0.3, 0.4) is 0 Å². The first-order chi connectivity index (χ1) is 8.95. The minimum absolute atomic E-state index is 0.653. The minimum atomic E-state index is 0.653. The summed E-state index contributed by atoms with van der Waals surface area (Å²) in [5.41, 5.74) is 2.33. The van der Waals surface area contributed by atoms with Crippen LogP contribution in [0.5, 0.6) is 0 Å². The third kappa shape index (κ3) is 4.64. The van der Waals surface area contributed by atoms with Crippen molar-refractivity contribution in [1.29, 1.82) is 0 Å². The van der Waals surface area contributed by atoms with Gasteiger partial charge in [-0.2, -0.15) is 0 Å². The topological polar surface area (TPSA) is 21.3 Å². The molecule has 0 unspecified atom stereocenters. The molecule has 3 heteroatoms. The van der Waals surface area contributed by atoms with E-state index in [1.165, 1.54) is 5.56 Å². The van der Waals surface area contributed by atoms with Gasteiger partial charge in [0.05, 0.1) is 0 Å². The number of anilines is 1. The summed E-state index contributed by atoms with van der Waals surface area (Å²) in [6.07, 6.45) is 2.09. The second kappa shape index (κ2) is 7.56. The van der Waals surface area contributed by atoms with Gasteiger partial charge in [0.25, 0.3) is 7.48 Å². The van der Waals surface area contributed by atoms with Gasteiger partial charge >= 0.3 is 0 Å². The normalized spacial score (nSPS) is 10.0. The van der Waals surface area contributed by atoms with E-state index in [9.17, 15) is 0 Å². The number of hydrogen-bond acceptors (Lipinski definition) is 2. The van der Waals surface area contributed by atoms with Crippen LogP contribution >= 0.6 is 0 Å². The fourth-order valence-electron chi connectivity index (χ4n) is 1.65. The highest BCUT2D eigenvalue weighted by atomic mass is 16.4. The van der Waals surface area contributed by atoms with Gasteiger partial charge in [-0.15, -0.1) is 0 Å². The molecule has 2 rings (SSSR count). The molecule has 0 saturated carbocycles. The molecule has 0 heterocycles. The van der Waals surface area contributed by atoms with Gasteiger partial charge in [0.1, 0.15) is 0 Å². The van der Waals surface area contributed by atoms with E-state index in [2.05, 4.69) is 35.9 Å². The molecular weight excluding hydrogens is 221 g/mol. The molecule has 0 atom stereocenters. The van der Waals surface area contributed by atoms with Crippen LogP contribution in [0.15, 0.2) is 60.7 Å². The van der Waals surface area contributed by atoms with Crippen LogP contribution in [-0.2, 0) is 4.65 Å². The van der Waals surface area contributed by atoms with Crippen molar-refractivity contribution in [3.05, 3.63) is 72.5 Å². The zero-order valence-electron chi connectivity index (χ0n) is 10.4. The maximum atomic E-state index is 5.54. The van der Waals surface area contributed by atoms with E-state index in [0.29, 0.717) is 14.1 Å². The van der Waals surface area contributed by atoms with Gasteiger partial charge in [0.15, 0.2) is 0 Å². The lowest BCUT2D eigenvalue weighted by Gasteiger charge is -2.06. The number of nitrogens with one attached hydrogen (secondary N) is 1. The third-order valence-corrected chi connectivity index (χ3v) is 2.59. The zero-order chi connectivity index (χ0) is 12.5. The Morgan fingerprint density at radius 2 is 1.61 bits per heavy atom. The molecule has 2 aromatic carbocycles. The Balaban J connectivity index is 1.54. The quantitative estimate of drug-likeness (QED) is 0.591. The summed E-state index contributed by atoms with van der Waals surface area (Å²) in [5.74, 6) is 0. The molecule has 91 valence electrons. The van der Waals surface area contributed by atoms with Crippen molar-refractivity contribution in [2.75, 3.05) is 18.5 Å². The molecule has 0 aliphatic heterocycles. The summed E-state index contributed by atoms with van der Waals surface area (Å²) < 4.78 is 5.54. The number of para-hydroxylation sites is 1. The first-order valence-corrected chi connectivity index (χ1v) is 6.20. The van der Waals surface area contributed by atoms with E-state index >= 15 is 0 Å². The lowest BCUT2D eigenvalue weighted by Crippen LogP contribution is -2.12. The number of rotatable bonds is 7. The largest absolute Gasteiger partial charge is 0.437 e. The summed E-state index contributed by atoms with van der Waals surface area (Å²) in [6.45, 7) is 1.53. The molecule has 1 N–H and O–H groups in total. The predicted molar refractivity (Wildman–Crippen MR) is 77.9 cm³/mol. The van der Waals surface area contributed by atoms with Crippen molar-refractivity contribution in [2.45, 2.75) is 0 Å². The zero-order valence-corrected chi connectivity index (χ0v) is 10.4. The van der Waals surface area contributed by atoms with Gasteiger partial charge in [-0.1, -0.05) is 48.5 Å².